The Kier molecular flexibility index (Phi) is 7.47. The number of nitrogens with zero attached hydrogens (tertiary/aromatic N) is 3. The van der Waals surface area contributed by atoms with E-state index in [0.29, 0.717) is 0 Å². The summed E-state index contributed by atoms with van der Waals surface area (Å²) in [6.07, 6.45) is 0. The number of benzene rings is 9. The van der Waals surface area contributed by atoms with Crippen LogP contribution in [0.15, 0.2) is 212 Å². The maximum atomic E-state index is 2.38. The van der Waals surface area contributed by atoms with Crippen LogP contribution in [0.4, 0.5) is 34.1 Å². The van der Waals surface area contributed by atoms with Crippen LogP contribution in [0.2, 0.25) is 0 Å². The second-order valence-electron chi connectivity index (χ2n) is 13.4. The molecule has 1 aromatic heterocycles. The summed E-state index contributed by atoms with van der Waals surface area (Å²) in [7, 11) is 0. The summed E-state index contributed by atoms with van der Waals surface area (Å²) in [5.41, 5.74) is 10.0. The quantitative estimate of drug-likeness (QED) is 0.156. The van der Waals surface area contributed by atoms with Crippen LogP contribution in [0.5, 0.6) is 0 Å². The molecular formula is C50H35N3. The highest BCUT2D eigenvalue weighted by atomic mass is 15.2. The van der Waals surface area contributed by atoms with Gasteiger partial charge in [0.1, 0.15) is 0 Å². The maximum Gasteiger partial charge on any atom is 0.0561 e. The molecule has 10 rings (SSSR count). The van der Waals surface area contributed by atoms with Crippen LogP contribution >= 0.6 is 0 Å². The molecule has 0 spiro atoms. The number of hydrogen-bond acceptors (Lipinski definition) is 2. The lowest BCUT2D eigenvalue weighted by Crippen LogP contribution is -2.13. The topological polar surface area (TPSA) is 11.4 Å². The first-order valence-electron chi connectivity index (χ1n) is 18.1. The Balaban J connectivity index is 1.17. The van der Waals surface area contributed by atoms with E-state index < -0.39 is 0 Å². The molecule has 0 radical (unpaired) electrons. The van der Waals surface area contributed by atoms with Crippen LogP contribution in [0.3, 0.4) is 0 Å². The molecule has 0 amide bonds. The molecule has 10 aromatic rings. The van der Waals surface area contributed by atoms with Crippen molar-refractivity contribution < 1.29 is 0 Å². The van der Waals surface area contributed by atoms with Crippen molar-refractivity contribution in [2.45, 2.75) is 0 Å². The van der Waals surface area contributed by atoms with Crippen LogP contribution < -0.4 is 9.80 Å². The van der Waals surface area contributed by atoms with Crippen molar-refractivity contribution >= 4 is 77.5 Å². The highest BCUT2D eigenvalue weighted by molar-refractivity contribution is 6.11. The molecule has 0 fully saturated rings. The van der Waals surface area contributed by atoms with E-state index in [2.05, 4.69) is 227 Å². The number of hydrogen-bond donors (Lipinski definition) is 0. The molecule has 3 heteroatoms. The Bertz CT molecular complexity index is 2900. The highest BCUT2D eigenvalue weighted by Gasteiger charge is 2.20. The molecule has 0 unspecified atom stereocenters. The first-order chi connectivity index (χ1) is 26.3. The molecular weight excluding hydrogens is 643 g/mol. The van der Waals surface area contributed by atoms with E-state index in [9.17, 15) is 0 Å². The van der Waals surface area contributed by atoms with E-state index in [1.54, 1.807) is 0 Å². The third kappa shape index (κ3) is 5.38. The Labute approximate surface area is 308 Å². The summed E-state index contributed by atoms with van der Waals surface area (Å²) < 4.78 is 2.38. The summed E-state index contributed by atoms with van der Waals surface area (Å²) >= 11 is 0. The molecule has 0 saturated heterocycles. The van der Waals surface area contributed by atoms with Crippen molar-refractivity contribution in [3.05, 3.63) is 212 Å². The molecule has 3 nitrogen and oxygen atoms in total. The van der Waals surface area contributed by atoms with E-state index in [1.165, 1.54) is 43.4 Å². The van der Waals surface area contributed by atoms with Crippen molar-refractivity contribution in [3.8, 4) is 5.69 Å². The molecule has 0 aliphatic heterocycles. The number of anilines is 6. The minimum Gasteiger partial charge on any atom is -0.310 e. The van der Waals surface area contributed by atoms with Gasteiger partial charge in [-0.3, -0.25) is 0 Å². The molecule has 0 atom stereocenters. The van der Waals surface area contributed by atoms with Crippen LogP contribution in [-0.2, 0) is 0 Å². The largest absolute Gasteiger partial charge is 0.310 e. The van der Waals surface area contributed by atoms with Gasteiger partial charge in [0.15, 0.2) is 0 Å². The average Bonchev–Trinajstić information content (AvgIpc) is 3.56. The van der Waals surface area contributed by atoms with E-state index in [-0.39, 0.29) is 0 Å². The summed E-state index contributed by atoms with van der Waals surface area (Å²) in [6.45, 7) is 0. The minimum absolute atomic E-state index is 1.07. The van der Waals surface area contributed by atoms with E-state index in [4.69, 9.17) is 0 Å². The van der Waals surface area contributed by atoms with Gasteiger partial charge in [0, 0.05) is 50.6 Å². The van der Waals surface area contributed by atoms with Crippen molar-refractivity contribution in [2.24, 2.45) is 0 Å². The lowest BCUT2D eigenvalue weighted by molar-refractivity contribution is 1.18. The smallest absolute Gasteiger partial charge is 0.0561 e. The van der Waals surface area contributed by atoms with Gasteiger partial charge in [0.25, 0.3) is 0 Å². The fraction of sp³-hybridized carbons (Fsp3) is 0. The lowest BCUT2D eigenvalue weighted by atomic mass is 10.0. The van der Waals surface area contributed by atoms with Gasteiger partial charge in [-0.1, -0.05) is 127 Å². The molecule has 9 aromatic carbocycles. The van der Waals surface area contributed by atoms with Crippen molar-refractivity contribution in [1.82, 2.24) is 4.57 Å². The second-order valence-corrected chi connectivity index (χ2v) is 13.4. The Morgan fingerprint density at radius 2 is 0.736 bits per heavy atom. The molecule has 1 heterocycles. The maximum absolute atomic E-state index is 2.38. The first-order valence-corrected chi connectivity index (χ1v) is 18.1. The molecule has 0 bridgehead atoms. The normalized spacial score (nSPS) is 11.4. The number of aromatic nitrogens is 1. The highest BCUT2D eigenvalue weighted by Crippen LogP contribution is 2.43. The van der Waals surface area contributed by atoms with Crippen LogP contribution in [0, 0.1) is 0 Å². The summed E-state index contributed by atoms with van der Waals surface area (Å²) in [4.78, 5) is 4.73. The van der Waals surface area contributed by atoms with Gasteiger partial charge in [-0.05, 0) is 106 Å². The zero-order valence-electron chi connectivity index (χ0n) is 29.0. The molecule has 250 valence electrons. The van der Waals surface area contributed by atoms with Gasteiger partial charge in [-0.15, -0.1) is 0 Å². The zero-order valence-corrected chi connectivity index (χ0v) is 29.0. The standard InChI is InChI=1S/C50H35N3/c1-4-16-38(17-5-1)51(43-30-29-37-28-27-36-15-10-11-24-45(36)48(37)34-43)41-22-14-23-42(33-41)52(39-18-6-2-7-19-39)44-31-32-47-46-25-12-13-26-49(46)53(50(47)35-44)40-20-8-3-9-21-40/h1-35H. The third-order valence-electron chi connectivity index (χ3n) is 10.3. The fourth-order valence-electron chi connectivity index (χ4n) is 7.90. The van der Waals surface area contributed by atoms with Gasteiger partial charge >= 0.3 is 0 Å². The average molecular weight is 678 g/mol. The monoisotopic (exact) mass is 677 g/mol. The van der Waals surface area contributed by atoms with Gasteiger partial charge in [-0.25, -0.2) is 0 Å². The lowest BCUT2D eigenvalue weighted by Gasteiger charge is -2.29. The van der Waals surface area contributed by atoms with Gasteiger partial charge in [0.05, 0.1) is 11.0 Å². The first kappa shape index (κ1) is 30.7. The van der Waals surface area contributed by atoms with Crippen LogP contribution in [-0.4, -0.2) is 4.57 Å². The SMILES string of the molecule is c1ccc(N(c2cccc(N(c3ccccc3)c3ccc4c5ccccc5n(-c5ccccc5)c4c3)c2)c2ccc3ccc4ccccc4c3c2)cc1. The van der Waals surface area contributed by atoms with Crippen molar-refractivity contribution in [3.63, 3.8) is 0 Å². The summed E-state index contributed by atoms with van der Waals surface area (Å²) in [5, 5.41) is 7.44. The fourth-order valence-corrected chi connectivity index (χ4v) is 7.90. The van der Waals surface area contributed by atoms with Gasteiger partial charge in [-0.2, -0.15) is 0 Å². The third-order valence-corrected chi connectivity index (χ3v) is 10.3. The van der Waals surface area contributed by atoms with E-state index in [0.717, 1.165) is 39.8 Å². The Morgan fingerprint density at radius 1 is 0.264 bits per heavy atom. The number of rotatable bonds is 7. The van der Waals surface area contributed by atoms with Crippen molar-refractivity contribution in [2.75, 3.05) is 9.80 Å². The van der Waals surface area contributed by atoms with Gasteiger partial charge in [0.2, 0.25) is 0 Å². The predicted molar refractivity (Wildman–Crippen MR) is 225 cm³/mol. The molecule has 0 aliphatic carbocycles. The zero-order chi connectivity index (χ0) is 35.1. The van der Waals surface area contributed by atoms with E-state index >= 15 is 0 Å². The molecule has 53 heavy (non-hydrogen) atoms. The number of para-hydroxylation sites is 4. The van der Waals surface area contributed by atoms with Crippen LogP contribution in [0.1, 0.15) is 0 Å². The Morgan fingerprint density at radius 3 is 1.43 bits per heavy atom. The predicted octanol–water partition coefficient (Wildman–Crippen LogP) is 14.0. The van der Waals surface area contributed by atoms with Crippen molar-refractivity contribution in [1.29, 1.82) is 0 Å². The van der Waals surface area contributed by atoms with Crippen LogP contribution in [0.25, 0.3) is 49.0 Å². The Hall–Kier alpha value is -7.10. The molecule has 0 N–H and O–H groups in total. The van der Waals surface area contributed by atoms with Gasteiger partial charge < -0.3 is 14.4 Å². The minimum atomic E-state index is 1.07. The summed E-state index contributed by atoms with van der Waals surface area (Å²) in [5.74, 6) is 0. The number of fused-ring (bicyclic) bond motifs is 6. The van der Waals surface area contributed by atoms with E-state index in [1.807, 2.05) is 0 Å². The summed E-state index contributed by atoms with van der Waals surface area (Å²) in [6, 6.07) is 76.4. The molecule has 0 aliphatic rings. The second kappa shape index (κ2) is 12.9. The molecule has 0 saturated carbocycles.